The molecule has 5 heteroatoms. The number of nitrogens with zero attached hydrogens (tertiary/aromatic N) is 2. The maximum absolute atomic E-state index is 11.0. The number of carbonyl (C=O) groups is 3. The Morgan fingerprint density at radius 2 is 1.67 bits per heavy atom. The van der Waals surface area contributed by atoms with Gasteiger partial charge in [-0.1, -0.05) is 0 Å². The van der Waals surface area contributed by atoms with Gasteiger partial charge in [-0.05, 0) is 0 Å². The number of piperazine rings is 1. The molecule has 1 aliphatic rings. The van der Waals surface area contributed by atoms with Crippen molar-refractivity contribution >= 4 is 17.7 Å². The molecule has 1 rings (SSSR count). The molecule has 0 radical (unpaired) electrons. The molecule has 0 saturated carbocycles. The van der Waals surface area contributed by atoms with Gasteiger partial charge < -0.3 is 4.90 Å². The van der Waals surface area contributed by atoms with Crippen LogP contribution in [0.4, 0.5) is 0 Å². The minimum atomic E-state index is -0.332. The molecule has 0 aromatic heterocycles. The van der Waals surface area contributed by atoms with Crippen LogP contribution in [0.2, 0.25) is 0 Å². The van der Waals surface area contributed by atoms with Crippen molar-refractivity contribution in [3.63, 3.8) is 0 Å². The van der Waals surface area contributed by atoms with Crippen LogP contribution in [0, 0.1) is 0 Å². The van der Waals surface area contributed by atoms with Crippen molar-refractivity contribution in [3.8, 4) is 0 Å². The summed E-state index contributed by atoms with van der Waals surface area (Å²) in [4.78, 5) is 35.1. The summed E-state index contributed by atoms with van der Waals surface area (Å²) in [5.74, 6) is -0.910. The maximum Gasteiger partial charge on any atom is 0.248 e. The zero-order chi connectivity index (χ0) is 9.30. The molecule has 5 nitrogen and oxygen atoms in total. The zero-order valence-electron chi connectivity index (χ0n) is 7.03. The van der Waals surface area contributed by atoms with E-state index in [0.717, 1.165) is 4.90 Å². The van der Waals surface area contributed by atoms with Crippen LogP contribution in [-0.4, -0.2) is 47.7 Å². The van der Waals surface area contributed by atoms with Crippen LogP contribution < -0.4 is 0 Å². The van der Waals surface area contributed by atoms with Crippen molar-refractivity contribution in [1.82, 2.24) is 9.80 Å². The molecule has 66 valence electrons. The number of amides is 3. The molecule has 1 heterocycles. The van der Waals surface area contributed by atoms with Crippen LogP contribution in [-0.2, 0) is 14.4 Å². The van der Waals surface area contributed by atoms with Crippen molar-refractivity contribution in [2.45, 2.75) is 6.92 Å². The minimum absolute atomic E-state index is 0.0115. The Morgan fingerprint density at radius 1 is 1.25 bits per heavy atom. The summed E-state index contributed by atoms with van der Waals surface area (Å²) < 4.78 is 0. The smallest absolute Gasteiger partial charge is 0.248 e. The molecule has 0 unspecified atom stereocenters. The lowest BCUT2D eigenvalue weighted by Gasteiger charge is -2.29. The van der Waals surface area contributed by atoms with E-state index in [0.29, 0.717) is 0 Å². The highest BCUT2D eigenvalue weighted by Gasteiger charge is 2.28. The Hall–Kier alpha value is -1.39. The molecule has 0 bridgehead atoms. The molecule has 1 fully saturated rings. The van der Waals surface area contributed by atoms with Gasteiger partial charge >= 0.3 is 0 Å². The highest BCUT2D eigenvalue weighted by atomic mass is 16.2. The number of hydrogen-bond donors (Lipinski definition) is 0. The van der Waals surface area contributed by atoms with Gasteiger partial charge in [-0.2, -0.15) is 0 Å². The third-order valence-corrected chi connectivity index (χ3v) is 1.85. The molecule has 0 atom stereocenters. The summed E-state index contributed by atoms with van der Waals surface area (Å²) in [6.07, 6.45) is 0. The number of imide groups is 1. The van der Waals surface area contributed by atoms with E-state index < -0.39 is 0 Å². The Morgan fingerprint density at radius 3 is 2.00 bits per heavy atom. The lowest BCUT2D eigenvalue weighted by atomic mass is 10.3. The number of rotatable bonds is 0. The third-order valence-electron chi connectivity index (χ3n) is 1.85. The lowest BCUT2D eigenvalue weighted by molar-refractivity contribution is -0.154. The van der Waals surface area contributed by atoms with Crippen LogP contribution in [0.15, 0.2) is 0 Å². The zero-order valence-corrected chi connectivity index (χ0v) is 7.03. The summed E-state index contributed by atoms with van der Waals surface area (Å²) in [6, 6.07) is 0. The van der Waals surface area contributed by atoms with E-state index in [1.54, 1.807) is 0 Å². The first-order valence-electron chi connectivity index (χ1n) is 3.57. The van der Waals surface area contributed by atoms with Gasteiger partial charge in [0.15, 0.2) is 0 Å². The molecule has 1 aliphatic heterocycles. The van der Waals surface area contributed by atoms with Crippen molar-refractivity contribution < 1.29 is 14.4 Å². The molecule has 0 spiro atoms. The second kappa shape index (κ2) is 2.92. The molecule has 0 aromatic rings. The quantitative estimate of drug-likeness (QED) is 0.430. The first kappa shape index (κ1) is 8.70. The highest BCUT2D eigenvalue weighted by Crippen LogP contribution is 2.01. The summed E-state index contributed by atoms with van der Waals surface area (Å²) in [6.45, 7) is 1.36. The Balaban J connectivity index is 2.72. The van der Waals surface area contributed by atoms with Gasteiger partial charge in [-0.25, -0.2) is 0 Å². The number of hydrogen-bond acceptors (Lipinski definition) is 3. The van der Waals surface area contributed by atoms with Gasteiger partial charge in [0, 0.05) is 14.0 Å². The van der Waals surface area contributed by atoms with Gasteiger partial charge in [0.25, 0.3) is 0 Å². The Bertz CT molecular complexity index is 231. The largest absolute Gasteiger partial charge is 0.324 e. The summed E-state index contributed by atoms with van der Waals surface area (Å²) >= 11 is 0. The fourth-order valence-electron chi connectivity index (χ4n) is 0.956. The molecule has 1 saturated heterocycles. The van der Waals surface area contributed by atoms with Crippen molar-refractivity contribution in [1.29, 1.82) is 0 Å². The van der Waals surface area contributed by atoms with E-state index >= 15 is 0 Å². The standard InChI is InChI=1S/C7H10N2O3/c1-5(10)9-3-6(11)8(2)7(12)4-9/h3-4H2,1-2H3. The molecule has 3 amide bonds. The highest BCUT2D eigenvalue weighted by molar-refractivity contribution is 6.01. The van der Waals surface area contributed by atoms with E-state index in [1.807, 2.05) is 0 Å². The van der Waals surface area contributed by atoms with Gasteiger partial charge in [-0.3, -0.25) is 19.3 Å². The van der Waals surface area contributed by atoms with E-state index in [-0.39, 0.29) is 30.8 Å². The fourth-order valence-corrected chi connectivity index (χ4v) is 0.956. The monoisotopic (exact) mass is 170 g/mol. The Kier molecular flexibility index (Phi) is 2.12. The topological polar surface area (TPSA) is 57.7 Å². The second-order valence-corrected chi connectivity index (χ2v) is 2.72. The van der Waals surface area contributed by atoms with Gasteiger partial charge in [0.2, 0.25) is 17.7 Å². The van der Waals surface area contributed by atoms with Crippen LogP contribution in [0.25, 0.3) is 0 Å². The molecular weight excluding hydrogens is 160 g/mol. The molecule has 0 N–H and O–H groups in total. The van der Waals surface area contributed by atoms with Crippen molar-refractivity contribution in [3.05, 3.63) is 0 Å². The fraction of sp³-hybridized carbons (Fsp3) is 0.571. The lowest BCUT2D eigenvalue weighted by Crippen LogP contribution is -2.53. The maximum atomic E-state index is 11.0. The van der Waals surface area contributed by atoms with E-state index in [2.05, 4.69) is 0 Å². The van der Waals surface area contributed by atoms with E-state index in [1.165, 1.54) is 18.9 Å². The predicted molar refractivity (Wildman–Crippen MR) is 40.0 cm³/mol. The Labute approximate surface area is 69.9 Å². The third kappa shape index (κ3) is 1.44. The van der Waals surface area contributed by atoms with Gasteiger partial charge in [-0.15, -0.1) is 0 Å². The summed E-state index contributed by atoms with van der Waals surface area (Å²) in [5, 5.41) is 0. The van der Waals surface area contributed by atoms with Crippen LogP contribution in [0.5, 0.6) is 0 Å². The summed E-state index contributed by atoms with van der Waals surface area (Å²) in [5.41, 5.74) is 0. The SMILES string of the molecule is CC(=O)N1CC(=O)N(C)C(=O)C1. The molecular formula is C7H10N2O3. The average Bonchev–Trinajstić information content (AvgIpc) is 1.99. The summed E-state index contributed by atoms with van der Waals surface area (Å²) in [7, 11) is 1.42. The van der Waals surface area contributed by atoms with Gasteiger partial charge in [0.1, 0.15) is 13.1 Å². The first-order valence-corrected chi connectivity index (χ1v) is 3.57. The molecule has 0 aliphatic carbocycles. The molecule has 0 aromatic carbocycles. The predicted octanol–water partition coefficient (Wildman–Crippen LogP) is -1.17. The van der Waals surface area contributed by atoms with Crippen molar-refractivity contribution in [2.75, 3.05) is 20.1 Å². The molecule has 12 heavy (non-hydrogen) atoms. The number of carbonyl (C=O) groups excluding carboxylic acids is 3. The van der Waals surface area contributed by atoms with Crippen LogP contribution in [0.3, 0.4) is 0 Å². The van der Waals surface area contributed by atoms with E-state index in [4.69, 9.17) is 0 Å². The minimum Gasteiger partial charge on any atom is -0.324 e. The van der Waals surface area contributed by atoms with Crippen LogP contribution >= 0.6 is 0 Å². The normalized spacial score (nSPS) is 18.5. The van der Waals surface area contributed by atoms with Crippen molar-refractivity contribution in [2.24, 2.45) is 0 Å². The number of likely N-dealkylation sites (N-methyl/N-ethyl adjacent to an activating group) is 1. The van der Waals surface area contributed by atoms with Gasteiger partial charge in [0.05, 0.1) is 0 Å². The second-order valence-electron chi connectivity index (χ2n) is 2.72. The van der Waals surface area contributed by atoms with E-state index in [9.17, 15) is 14.4 Å². The average molecular weight is 170 g/mol. The van der Waals surface area contributed by atoms with Crippen LogP contribution in [0.1, 0.15) is 6.92 Å². The first-order chi connectivity index (χ1) is 5.52.